The third kappa shape index (κ3) is 3.82. The summed E-state index contributed by atoms with van der Waals surface area (Å²) >= 11 is 0. The van der Waals surface area contributed by atoms with Crippen LogP contribution in [0.5, 0.6) is 5.75 Å². The van der Waals surface area contributed by atoms with Gasteiger partial charge in [0.2, 0.25) is 0 Å². The van der Waals surface area contributed by atoms with Crippen LogP contribution < -0.4 is 15.8 Å². The molecule has 0 radical (unpaired) electrons. The quantitative estimate of drug-likeness (QED) is 0.576. The second-order valence-electron chi connectivity index (χ2n) is 4.83. The fraction of sp³-hybridized carbons (Fsp3) is 0.188. The van der Waals surface area contributed by atoms with Gasteiger partial charge in [-0.1, -0.05) is 12.1 Å². The lowest BCUT2D eigenvalue weighted by molar-refractivity contribution is 0.0945. The van der Waals surface area contributed by atoms with Gasteiger partial charge in [0.05, 0.1) is 7.11 Å². The number of nitrogens with one attached hydrogen (secondary N) is 2. The van der Waals surface area contributed by atoms with Crippen LogP contribution in [0.2, 0.25) is 0 Å². The predicted octanol–water partition coefficient (Wildman–Crippen LogP) is 1.61. The zero-order valence-corrected chi connectivity index (χ0v) is 12.5. The van der Waals surface area contributed by atoms with E-state index in [1.54, 1.807) is 20.1 Å². The number of nitrogens with two attached hydrogens (primary N) is 1. The highest BCUT2D eigenvalue weighted by atomic mass is 16.5. The Bertz CT molecular complexity index is 713. The number of hydrogen-bond acceptors (Lipinski definition) is 4. The zero-order valence-electron chi connectivity index (χ0n) is 12.5. The average Bonchev–Trinajstić information content (AvgIpc) is 2.52. The third-order valence-electron chi connectivity index (χ3n) is 3.08. The Balaban J connectivity index is 2.10. The highest BCUT2D eigenvalue weighted by Crippen LogP contribution is 2.12. The second-order valence-corrected chi connectivity index (χ2v) is 4.83. The number of rotatable bonds is 5. The van der Waals surface area contributed by atoms with Crippen molar-refractivity contribution in [2.24, 2.45) is 5.73 Å². The van der Waals surface area contributed by atoms with Crippen molar-refractivity contribution in [2.75, 3.05) is 7.11 Å². The number of aromatic nitrogens is 1. The van der Waals surface area contributed by atoms with Gasteiger partial charge < -0.3 is 15.8 Å². The standard InChI is InChI=1S/C16H18N4O2/c1-10-6-12(15(17)18)8-14(20-10)16(21)19-9-11-4-3-5-13(7-11)22-2/h3-8H,9H2,1-2H3,(H3,17,18)(H,19,21). The summed E-state index contributed by atoms with van der Waals surface area (Å²) in [6.45, 7) is 2.12. The number of aryl methyl sites for hydroxylation is 1. The molecule has 1 aromatic carbocycles. The summed E-state index contributed by atoms with van der Waals surface area (Å²) in [7, 11) is 1.59. The number of ether oxygens (including phenoxy) is 1. The summed E-state index contributed by atoms with van der Waals surface area (Å²) in [5.41, 5.74) is 7.75. The molecule has 1 heterocycles. The maximum atomic E-state index is 12.2. The zero-order chi connectivity index (χ0) is 16.1. The number of benzene rings is 1. The van der Waals surface area contributed by atoms with E-state index in [0.717, 1.165) is 11.3 Å². The van der Waals surface area contributed by atoms with E-state index in [0.29, 0.717) is 17.8 Å². The van der Waals surface area contributed by atoms with E-state index in [1.807, 2.05) is 24.3 Å². The van der Waals surface area contributed by atoms with Crippen LogP contribution in [0.15, 0.2) is 36.4 Å². The molecule has 0 spiro atoms. The van der Waals surface area contributed by atoms with E-state index >= 15 is 0 Å². The van der Waals surface area contributed by atoms with Crippen molar-refractivity contribution in [1.29, 1.82) is 5.41 Å². The van der Waals surface area contributed by atoms with Gasteiger partial charge in [-0.3, -0.25) is 10.2 Å². The summed E-state index contributed by atoms with van der Waals surface area (Å²) in [6.07, 6.45) is 0. The molecule has 0 bridgehead atoms. The molecule has 2 aromatic rings. The van der Waals surface area contributed by atoms with E-state index in [2.05, 4.69) is 10.3 Å². The van der Waals surface area contributed by atoms with Crippen LogP contribution in [0.1, 0.15) is 27.3 Å². The molecule has 0 aliphatic carbocycles. The number of hydrogen-bond donors (Lipinski definition) is 3. The number of methoxy groups -OCH3 is 1. The van der Waals surface area contributed by atoms with Crippen LogP contribution in [-0.4, -0.2) is 23.8 Å². The van der Waals surface area contributed by atoms with Gasteiger partial charge >= 0.3 is 0 Å². The Kier molecular flexibility index (Phi) is 4.73. The van der Waals surface area contributed by atoms with Gasteiger partial charge in [-0.05, 0) is 36.8 Å². The maximum Gasteiger partial charge on any atom is 0.270 e. The Morgan fingerprint density at radius 3 is 2.82 bits per heavy atom. The van der Waals surface area contributed by atoms with Crippen LogP contribution in [0.25, 0.3) is 0 Å². The first kappa shape index (κ1) is 15.5. The van der Waals surface area contributed by atoms with Crippen LogP contribution in [0, 0.1) is 12.3 Å². The lowest BCUT2D eigenvalue weighted by Gasteiger charge is -2.08. The van der Waals surface area contributed by atoms with Gasteiger partial charge in [-0.15, -0.1) is 0 Å². The maximum absolute atomic E-state index is 12.2. The van der Waals surface area contributed by atoms with Gasteiger partial charge in [-0.2, -0.15) is 0 Å². The SMILES string of the molecule is COc1cccc(CNC(=O)c2cc(C(=N)N)cc(C)n2)c1. The molecule has 6 nitrogen and oxygen atoms in total. The molecule has 1 aromatic heterocycles. The summed E-state index contributed by atoms with van der Waals surface area (Å²) in [4.78, 5) is 16.4. The molecule has 0 fully saturated rings. The minimum Gasteiger partial charge on any atom is -0.497 e. The minimum atomic E-state index is -0.311. The molecule has 0 atom stereocenters. The molecule has 0 saturated carbocycles. The highest BCUT2D eigenvalue weighted by molar-refractivity contribution is 5.99. The van der Waals surface area contributed by atoms with E-state index in [1.165, 1.54) is 6.07 Å². The summed E-state index contributed by atoms with van der Waals surface area (Å²) in [6, 6.07) is 10.6. The van der Waals surface area contributed by atoms with Crippen molar-refractivity contribution >= 4 is 11.7 Å². The van der Waals surface area contributed by atoms with Crippen LogP contribution in [-0.2, 0) is 6.54 Å². The molecule has 0 saturated heterocycles. The first-order valence-electron chi connectivity index (χ1n) is 6.74. The number of amides is 1. The largest absolute Gasteiger partial charge is 0.497 e. The third-order valence-corrected chi connectivity index (χ3v) is 3.08. The number of amidine groups is 1. The van der Waals surface area contributed by atoms with Crippen LogP contribution >= 0.6 is 0 Å². The predicted molar refractivity (Wildman–Crippen MR) is 84.2 cm³/mol. The van der Waals surface area contributed by atoms with Crippen molar-refractivity contribution in [3.8, 4) is 5.75 Å². The Hall–Kier alpha value is -2.89. The van der Waals surface area contributed by atoms with Crippen molar-refractivity contribution < 1.29 is 9.53 Å². The smallest absolute Gasteiger partial charge is 0.270 e. The van der Waals surface area contributed by atoms with Gasteiger partial charge in [0.25, 0.3) is 5.91 Å². The van der Waals surface area contributed by atoms with Gasteiger partial charge in [0.15, 0.2) is 0 Å². The van der Waals surface area contributed by atoms with Gasteiger partial charge in [0, 0.05) is 17.8 Å². The number of pyridine rings is 1. The van der Waals surface area contributed by atoms with Crippen molar-refractivity contribution in [2.45, 2.75) is 13.5 Å². The molecule has 6 heteroatoms. The van der Waals surface area contributed by atoms with E-state index < -0.39 is 0 Å². The number of carbonyl (C=O) groups is 1. The molecular weight excluding hydrogens is 280 g/mol. The Morgan fingerprint density at radius 2 is 2.14 bits per heavy atom. The van der Waals surface area contributed by atoms with E-state index in [9.17, 15) is 4.79 Å². The molecule has 0 aliphatic heterocycles. The van der Waals surface area contributed by atoms with E-state index in [4.69, 9.17) is 15.9 Å². The van der Waals surface area contributed by atoms with Crippen LogP contribution in [0.3, 0.4) is 0 Å². The fourth-order valence-electron chi connectivity index (χ4n) is 2.00. The molecule has 114 valence electrons. The van der Waals surface area contributed by atoms with Crippen molar-refractivity contribution in [3.63, 3.8) is 0 Å². The lowest BCUT2D eigenvalue weighted by atomic mass is 10.1. The monoisotopic (exact) mass is 298 g/mol. The molecule has 22 heavy (non-hydrogen) atoms. The number of carbonyl (C=O) groups excluding carboxylic acids is 1. The second kappa shape index (κ2) is 6.71. The highest BCUT2D eigenvalue weighted by Gasteiger charge is 2.10. The van der Waals surface area contributed by atoms with Crippen LogP contribution in [0.4, 0.5) is 0 Å². The fourth-order valence-corrected chi connectivity index (χ4v) is 2.00. The Labute approximate surface area is 128 Å². The topological polar surface area (TPSA) is 101 Å². The summed E-state index contributed by atoms with van der Waals surface area (Å²) < 4.78 is 5.14. The summed E-state index contributed by atoms with van der Waals surface area (Å²) in [5, 5.41) is 10.2. The molecule has 1 amide bonds. The van der Waals surface area contributed by atoms with Crippen molar-refractivity contribution in [3.05, 3.63) is 58.9 Å². The molecule has 4 N–H and O–H groups in total. The summed E-state index contributed by atoms with van der Waals surface area (Å²) in [5.74, 6) is 0.334. The number of nitrogen functional groups attached to an aromatic ring is 1. The average molecular weight is 298 g/mol. The molecule has 0 aliphatic rings. The molecule has 2 rings (SSSR count). The van der Waals surface area contributed by atoms with Crippen molar-refractivity contribution in [1.82, 2.24) is 10.3 Å². The first-order valence-corrected chi connectivity index (χ1v) is 6.74. The van der Waals surface area contributed by atoms with Gasteiger partial charge in [-0.25, -0.2) is 4.98 Å². The minimum absolute atomic E-state index is 0.0904. The first-order chi connectivity index (χ1) is 10.5. The Morgan fingerprint density at radius 1 is 1.36 bits per heavy atom. The molecule has 0 unspecified atom stereocenters. The molecular formula is C16H18N4O2. The lowest BCUT2D eigenvalue weighted by Crippen LogP contribution is -2.25. The van der Waals surface area contributed by atoms with E-state index in [-0.39, 0.29) is 17.4 Å². The van der Waals surface area contributed by atoms with Gasteiger partial charge in [0.1, 0.15) is 17.3 Å². The number of nitrogens with zero attached hydrogens (tertiary/aromatic N) is 1. The normalized spacial score (nSPS) is 10.1.